The molecule has 3 rings (SSSR count). The van der Waals surface area contributed by atoms with Gasteiger partial charge in [-0.25, -0.2) is 4.79 Å². The molecular formula is C21H25ClN4O2. The first kappa shape index (κ1) is 21.5. The van der Waals surface area contributed by atoms with Crippen LogP contribution in [-0.4, -0.2) is 10.6 Å². The fourth-order valence-electron chi connectivity index (χ4n) is 3.41. The van der Waals surface area contributed by atoms with Crippen molar-refractivity contribution in [1.29, 1.82) is 0 Å². The molecule has 0 unspecified atom stereocenters. The van der Waals surface area contributed by atoms with E-state index in [2.05, 4.69) is 19.2 Å². The van der Waals surface area contributed by atoms with Gasteiger partial charge in [-0.1, -0.05) is 44.2 Å². The van der Waals surface area contributed by atoms with E-state index in [4.69, 9.17) is 11.5 Å². The smallest absolute Gasteiger partial charge is 0.316 e. The number of hydrogen-bond donors (Lipinski definition) is 3. The molecule has 5 N–H and O–H groups in total. The maximum Gasteiger partial charge on any atom is 0.316 e. The van der Waals surface area contributed by atoms with Gasteiger partial charge in [0.15, 0.2) is 0 Å². The molecule has 2 aromatic carbocycles. The Balaban J connectivity index is 0.00000280. The fourth-order valence-corrected chi connectivity index (χ4v) is 3.41. The maximum absolute atomic E-state index is 13.2. The Morgan fingerprint density at radius 3 is 2.36 bits per heavy atom. The number of nitrogens with zero attached hydrogens (tertiary/aromatic N) is 1. The Labute approximate surface area is 169 Å². The third kappa shape index (κ3) is 4.18. The molecule has 148 valence electrons. The lowest BCUT2D eigenvalue weighted by Gasteiger charge is -2.21. The second kappa shape index (κ2) is 8.91. The molecule has 1 aromatic heterocycles. The van der Waals surface area contributed by atoms with Crippen molar-refractivity contribution in [2.75, 3.05) is 5.32 Å². The first-order chi connectivity index (χ1) is 12.9. The van der Waals surface area contributed by atoms with Gasteiger partial charge in [0, 0.05) is 35.4 Å². The van der Waals surface area contributed by atoms with Crippen molar-refractivity contribution in [1.82, 2.24) is 4.57 Å². The molecule has 0 saturated heterocycles. The second-order valence-corrected chi connectivity index (χ2v) is 6.95. The Morgan fingerprint density at radius 2 is 1.79 bits per heavy atom. The van der Waals surface area contributed by atoms with Gasteiger partial charge in [-0.3, -0.25) is 4.79 Å². The lowest BCUT2D eigenvalue weighted by atomic mass is 9.96. The summed E-state index contributed by atoms with van der Waals surface area (Å²) in [5, 5.41) is 3.91. The van der Waals surface area contributed by atoms with Crippen LogP contribution in [0.25, 0.3) is 21.9 Å². The minimum absolute atomic E-state index is 0. The summed E-state index contributed by atoms with van der Waals surface area (Å²) >= 11 is 0. The number of hydrogen-bond acceptors (Lipinski definition) is 3. The van der Waals surface area contributed by atoms with Gasteiger partial charge in [0.25, 0.3) is 5.56 Å². The molecule has 0 fully saturated rings. The highest BCUT2D eigenvalue weighted by Crippen LogP contribution is 2.32. The molecule has 0 bridgehead atoms. The van der Waals surface area contributed by atoms with E-state index in [1.165, 1.54) is 0 Å². The number of aromatic nitrogens is 1. The standard InChI is InChI=1S/C21H24N4O2.ClH/c1-13(2)12-25-18(11-22)19(14-6-4-3-5-7-14)17-10-15(24-21(23)27)8-9-16(17)20(25)26;/h3-10,13H,11-12,22H2,1-2H3,(H3,23,24,27);1H. The zero-order valence-electron chi connectivity index (χ0n) is 15.9. The van der Waals surface area contributed by atoms with Gasteiger partial charge in [-0.2, -0.15) is 0 Å². The van der Waals surface area contributed by atoms with Crippen LogP contribution in [0.3, 0.4) is 0 Å². The highest BCUT2D eigenvalue weighted by molar-refractivity contribution is 6.00. The van der Waals surface area contributed by atoms with Crippen molar-refractivity contribution in [3.8, 4) is 11.1 Å². The summed E-state index contributed by atoms with van der Waals surface area (Å²) < 4.78 is 1.77. The Morgan fingerprint density at radius 1 is 1.11 bits per heavy atom. The molecule has 0 aliphatic rings. The van der Waals surface area contributed by atoms with Crippen LogP contribution in [0.15, 0.2) is 53.3 Å². The van der Waals surface area contributed by atoms with E-state index in [-0.39, 0.29) is 24.5 Å². The third-order valence-corrected chi connectivity index (χ3v) is 4.45. The van der Waals surface area contributed by atoms with E-state index >= 15 is 0 Å². The van der Waals surface area contributed by atoms with Crippen molar-refractivity contribution in [2.45, 2.75) is 26.9 Å². The number of primary amides is 1. The van der Waals surface area contributed by atoms with Gasteiger partial charge in [-0.15, -0.1) is 12.4 Å². The van der Waals surface area contributed by atoms with Crippen LogP contribution in [-0.2, 0) is 13.1 Å². The molecule has 0 atom stereocenters. The predicted octanol–water partition coefficient (Wildman–Crippen LogP) is 3.70. The summed E-state index contributed by atoms with van der Waals surface area (Å²) in [4.78, 5) is 24.4. The van der Waals surface area contributed by atoms with Crippen LogP contribution in [0.1, 0.15) is 19.5 Å². The largest absolute Gasteiger partial charge is 0.351 e. The molecule has 2 amide bonds. The zero-order chi connectivity index (χ0) is 19.6. The maximum atomic E-state index is 13.2. The van der Waals surface area contributed by atoms with E-state index < -0.39 is 6.03 Å². The molecule has 3 aromatic rings. The van der Waals surface area contributed by atoms with Crippen molar-refractivity contribution in [2.24, 2.45) is 17.4 Å². The number of carbonyl (C=O) groups is 1. The average Bonchev–Trinajstić information content (AvgIpc) is 2.63. The van der Waals surface area contributed by atoms with Crippen LogP contribution in [0, 0.1) is 5.92 Å². The number of amides is 2. The molecule has 7 heteroatoms. The Kier molecular flexibility index (Phi) is 6.83. The monoisotopic (exact) mass is 400 g/mol. The van der Waals surface area contributed by atoms with Crippen LogP contribution in [0.4, 0.5) is 10.5 Å². The van der Waals surface area contributed by atoms with E-state index in [0.717, 1.165) is 22.2 Å². The summed E-state index contributed by atoms with van der Waals surface area (Å²) in [5.74, 6) is 0.296. The van der Waals surface area contributed by atoms with Crippen molar-refractivity contribution >= 4 is 34.9 Å². The van der Waals surface area contributed by atoms with E-state index in [1.807, 2.05) is 30.3 Å². The lowest BCUT2D eigenvalue weighted by Crippen LogP contribution is -2.28. The number of carbonyl (C=O) groups excluding carboxylic acids is 1. The van der Waals surface area contributed by atoms with Crippen molar-refractivity contribution in [3.63, 3.8) is 0 Å². The number of nitrogens with two attached hydrogens (primary N) is 2. The van der Waals surface area contributed by atoms with Gasteiger partial charge in [0.2, 0.25) is 0 Å². The van der Waals surface area contributed by atoms with Crippen LogP contribution in [0.2, 0.25) is 0 Å². The quantitative estimate of drug-likeness (QED) is 0.608. The topological polar surface area (TPSA) is 103 Å². The SMILES string of the molecule is CC(C)Cn1c(CN)c(-c2ccccc2)c2cc(NC(N)=O)ccc2c1=O.Cl. The van der Waals surface area contributed by atoms with Crippen LogP contribution < -0.4 is 22.3 Å². The first-order valence-electron chi connectivity index (χ1n) is 8.93. The number of rotatable bonds is 5. The molecule has 0 aliphatic carbocycles. The summed E-state index contributed by atoms with van der Waals surface area (Å²) in [6, 6.07) is 14.4. The van der Waals surface area contributed by atoms with E-state index in [1.54, 1.807) is 22.8 Å². The minimum Gasteiger partial charge on any atom is -0.351 e. The molecule has 0 spiro atoms. The van der Waals surface area contributed by atoms with Crippen LogP contribution in [0.5, 0.6) is 0 Å². The number of fused-ring (bicyclic) bond motifs is 1. The van der Waals surface area contributed by atoms with Gasteiger partial charge < -0.3 is 21.4 Å². The number of pyridine rings is 1. The zero-order valence-corrected chi connectivity index (χ0v) is 16.8. The summed E-state index contributed by atoms with van der Waals surface area (Å²) in [5.41, 5.74) is 14.5. The highest BCUT2D eigenvalue weighted by atomic mass is 35.5. The molecule has 6 nitrogen and oxygen atoms in total. The molecule has 0 saturated carbocycles. The summed E-state index contributed by atoms with van der Waals surface area (Å²) in [7, 11) is 0. The predicted molar refractivity (Wildman–Crippen MR) is 117 cm³/mol. The first-order valence-corrected chi connectivity index (χ1v) is 8.93. The van der Waals surface area contributed by atoms with Gasteiger partial charge in [-0.05, 0) is 35.1 Å². The average molecular weight is 401 g/mol. The van der Waals surface area contributed by atoms with Gasteiger partial charge in [0.1, 0.15) is 0 Å². The van der Waals surface area contributed by atoms with Crippen molar-refractivity contribution < 1.29 is 4.79 Å². The van der Waals surface area contributed by atoms with E-state index in [9.17, 15) is 9.59 Å². The minimum atomic E-state index is -0.650. The number of urea groups is 1. The van der Waals surface area contributed by atoms with Crippen LogP contribution >= 0.6 is 12.4 Å². The highest BCUT2D eigenvalue weighted by Gasteiger charge is 2.18. The van der Waals surface area contributed by atoms with E-state index in [0.29, 0.717) is 23.5 Å². The molecule has 28 heavy (non-hydrogen) atoms. The molecule has 1 heterocycles. The molecule has 0 radical (unpaired) electrons. The number of halogens is 1. The summed E-state index contributed by atoms with van der Waals surface area (Å²) in [6.45, 7) is 4.95. The number of nitrogens with one attached hydrogen (secondary N) is 1. The summed E-state index contributed by atoms with van der Waals surface area (Å²) in [6.07, 6.45) is 0. The second-order valence-electron chi connectivity index (χ2n) is 6.95. The normalized spacial score (nSPS) is 10.7. The van der Waals surface area contributed by atoms with Gasteiger partial charge >= 0.3 is 6.03 Å². The number of anilines is 1. The fraction of sp³-hybridized carbons (Fsp3) is 0.238. The molecule has 0 aliphatic heterocycles. The molecular weight excluding hydrogens is 376 g/mol. The lowest BCUT2D eigenvalue weighted by molar-refractivity contribution is 0.259. The van der Waals surface area contributed by atoms with Gasteiger partial charge in [0.05, 0.1) is 0 Å². The Bertz CT molecular complexity index is 1050. The van der Waals surface area contributed by atoms with Crippen molar-refractivity contribution in [3.05, 3.63) is 64.6 Å². The number of benzene rings is 2. The Hall–Kier alpha value is -2.83. The third-order valence-electron chi connectivity index (χ3n) is 4.45.